The zero-order valence-electron chi connectivity index (χ0n) is 10.4. The smallest absolute Gasteiger partial charge is 0.0740 e. The van der Waals surface area contributed by atoms with Gasteiger partial charge in [0.2, 0.25) is 0 Å². The molecule has 0 atom stereocenters. The van der Waals surface area contributed by atoms with Crippen molar-refractivity contribution in [2.24, 2.45) is 5.73 Å². The summed E-state index contributed by atoms with van der Waals surface area (Å²) in [6, 6.07) is 9.35. The fourth-order valence-electron chi connectivity index (χ4n) is 2.09. The van der Waals surface area contributed by atoms with E-state index < -0.39 is 0 Å². The molecule has 0 saturated heterocycles. The first kappa shape index (κ1) is 12.5. The number of nitrogens with zero attached hydrogens (tertiary/aromatic N) is 1. The van der Waals surface area contributed by atoms with Crippen molar-refractivity contribution >= 4 is 17.2 Å². The summed E-state index contributed by atoms with van der Waals surface area (Å²) in [5, 5.41) is 0. The van der Waals surface area contributed by atoms with E-state index in [0.29, 0.717) is 4.99 Å². The summed E-state index contributed by atoms with van der Waals surface area (Å²) in [6.07, 6.45) is 3.48. The Morgan fingerprint density at radius 2 is 2.12 bits per heavy atom. The minimum Gasteiger partial charge on any atom is -0.393 e. The minimum absolute atomic E-state index is 0.625. The van der Waals surface area contributed by atoms with Gasteiger partial charge in [0.1, 0.15) is 0 Å². The molecule has 3 heteroatoms. The first-order chi connectivity index (χ1) is 8.16. The Balaban J connectivity index is 1.97. The van der Waals surface area contributed by atoms with Crippen LogP contribution in [0.4, 0.5) is 0 Å². The molecule has 0 spiro atoms. The van der Waals surface area contributed by atoms with Gasteiger partial charge < -0.3 is 5.73 Å². The first-order valence-corrected chi connectivity index (χ1v) is 6.64. The molecular weight excluding hydrogens is 228 g/mol. The van der Waals surface area contributed by atoms with E-state index in [1.165, 1.54) is 24.0 Å². The number of nitrogens with two attached hydrogens (primary N) is 1. The standard InChI is InChI=1S/C14H20N2S/c1-11-4-2-3-5-12(11)10-16(13-6-7-13)9-8-14(15)17/h2-5,13H,6-10H2,1H3,(H2,15,17). The summed E-state index contributed by atoms with van der Waals surface area (Å²) >= 11 is 4.96. The fraction of sp³-hybridized carbons (Fsp3) is 0.500. The van der Waals surface area contributed by atoms with Gasteiger partial charge in [-0.25, -0.2) is 0 Å². The molecule has 0 amide bonds. The van der Waals surface area contributed by atoms with Crippen LogP contribution >= 0.6 is 12.2 Å². The van der Waals surface area contributed by atoms with Gasteiger partial charge in [-0.3, -0.25) is 4.90 Å². The first-order valence-electron chi connectivity index (χ1n) is 6.23. The quantitative estimate of drug-likeness (QED) is 0.785. The highest BCUT2D eigenvalue weighted by Gasteiger charge is 2.28. The molecule has 0 aliphatic heterocycles. The van der Waals surface area contributed by atoms with Crippen LogP contribution < -0.4 is 5.73 Å². The van der Waals surface area contributed by atoms with Crippen molar-refractivity contribution in [1.82, 2.24) is 4.90 Å². The van der Waals surface area contributed by atoms with E-state index in [1.807, 2.05) is 0 Å². The van der Waals surface area contributed by atoms with Gasteiger partial charge in [-0.15, -0.1) is 0 Å². The molecule has 1 fully saturated rings. The maximum absolute atomic E-state index is 5.59. The Hall–Kier alpha value is -0.930. The van der Waals surface area contributed by atoms with Crippen LogP contribution in [0.5, 0.6) is 0 Å². The molecular formula is C14H20N2S. The van der Waals surface area contributed by atoms with Gasteiger partial charge in [0.25, 0.3) is 0 Å². The van der Waals surface area contributed by atoms with Crippen molar-refractivity contribution in [3.63, 3.8) is 0 Å². The largest absolute Gasteiger partial charge is 0.393 e. The van der Waals surface area contributed by atoms with E-state index in [-0.39, 0.29) is 0 Å². The van der Waals surface area contributed by atoms with Gasteiger partial charge in [-0.1, -0.05) is 36.5 Å². The molecule has 2 rings (SSSR count). The summed E-state index contributed by atoms with van der Waals surface area (Å²) in [7, 11) is 0. The van der Waals surface area contributed by atoms with E-state index in [4.69, 9.17) is 18.0 Å². The molecule has 1 aromatic rings. The Morgan fingerprint density at radius 3 is 2.71 bits per heavy atom. The zero-order valence-corrected chi connectivity index (χ0v) is 11.2. The highest BCUT2D eigenvalue weighted by Crippen LogP contribution is 2.28. The molecule has 2 N–H and O–H groups in total. The molecule has 92 valence electrons. The average molecular weight is 248 g/mol. The molecule has 2 nitrogen and oxygen atoms in total. The lowest BCUT2D eigenvalue weighted by Gasteiger charge is -2.22. The van der Waals surface area contributed by atoms with Crippen molar-refractivity contribution < 1.29 is 0 Å². The lowest BCUT2D eigenvalue weighted by molar-refractivity contribution is 0.262. The van der Waals surface area contributed by atoms with Gasteiger partial charge >= 0.3 is 0 Å². The van der Waals surface area contributed by atoms with Gasteiger partial charge in [-0.05, 0) is 30.9 Å². The summed E-state index contributed by atoms with van der Waals surface area (Å²) in [6.45, 7) is 4.20. The van der Waals surface area contributed by atoms with E-state index in [0.717, 1.165) is 25.6 Å². The Labute approximate surface area is 109 Å². The molecule has 1 aliphatic carbocycles. The van der Waals surface area contributed by atoms with Crippen molar-refractivity contribution in [1.29, 1.82) is 0 Å². The molecule has 0 unspecified atom stereocenters. The molecule has 0 heterocycles. The normalized spacial score (nSPS) is 15.2. The number of hydrogen-bond acceptors (Lipinski definition) is 2. The third kappa shape index (κ3) is 3.79. The third-order valence-electron chi connectivity index (χ3n) is 3.34. The molecule has 0 bridgehead atoms. The molecule has 0 radical (unpaired) electrons. The number of aryl methyl sites for hydroxylation is 1. The maximum Gasteiger partial charge on any atom is 0.0740 e. The summed E-state index contributed by atoms with van der Waals surface area (Å²) < 4.78 is 0. The number of hydrogen-bond donors (Lipinski definition) is 1. The maximum atomic E-state index is 5.59. The van der Waals surface area contributed by atoms with Crippen molar-refractivity contribution in [3.05, 3.63) is 35.4 Å². The summed E-state index contributed by atoms with van der Waals surface area (Å²) in [4.78, 5) is 3.14. The van der Waals surface area contributed by atoms with Crippen LogP contribution in [0.25, 0.3) is 0 Å². The van der Waals surface area contributed by atoms with E-state index in [2.05, 4.69) is 36.1 Å². The van der Waals surface area contributed by atoms with Gasteiger partial charge in [0.05, 0.1) is 4.99 Å². The molecule has 1 aromatic carbocycles. The molecule has 17 heavy (non-hydrogen) atoms. The number of thiocarbonyl (C=S) groups is 1. The van der Waals surface area contributed by atoms with Crippen LogP contribution in [0.3, 0.4) is 0 Å². The van der Waals surface area contributed by atoms with Crippen LogP contribution in [0, 0.1) is 6.92 Å². The Kier molecular flexibility index (Phi) is 4.13. The van der Waals surface area contributed by atoms with Crippen LogP contribution in [0.1, 0.15) is 30.4 Å². The molecule has 1 saturated carbocycles. The van der Waals surface area contributed by atoms with Crippen molar-refractivity contribution in [2.75, 3.05) is 6.54 Å². The topological polar surface area (TPSA) is 29.3 Å². The number of benzene rings is 1. The lowest BCUT2D eigenvalue weighted by Crippen LogP contribution is -2.29. The van der Waals surface area contributed by atoms with E-state index in [9.17, 15) is 0 Å². The summed E-state index contributed by atoms with van der Waals surface area (Å²) in [5.41, 5.74) is 8.38. The Bertz CT molecular complexity index is 399. The summed E-state index contributed by atoms with van der Waals surface area (Å²) in [5.74, 6) is 0. The average Bonchev–Trinajstić information content (AvgIpc) is 3.10. The van der Waals surface area contributed by atoms with Crippen LogP contribution in [0.2, 0.25) is 0 Å². The second kappa shape index (κ2) is 5.61. The van der Waals surface area contributed by atoms with Gasteiger partial charge in [0, 0.05) is 25.6 Å². The minimum atomic E-state index is 0.625. The SMILES string of the molecule is Cc1ccccc1CN(CCC(N)=S)C1CC1. The molecule has 0 aromatic heterocycles. The van der Waals surface area contributed by atoms with Crippen molar-refractivity contribution in [2.45, 2.75) is 38.8 Å². The predicted octanol–water partition coefficient (Wildman–Crippen LogP) is 2.64. The third-order valence-corrected chi connectivity index (χ3v) is 3.55. The van der Waals surface area contributed by atoms with E-state index in [1.54, 1.807) is 0 Å². The monoisotopic (exact) mass is 248 g/mol. The van der Waals surface area contributed by atoms with Crippen LogP contribution in [-0.4, -0.2) is 22.5 Å². The van der Waals surface area contributed by atoms with Crippen LogP contribution in [0.15, 0.2) is 24.3 Å². The molecule has 1 aliphatic rings. The second-order valence-corrected chi connectivity index (χ2v) is 5.37. The fourth-order valence-corrected chi connectivity index (χ4v) is 2.18. The van der Waals surface area contributed by atoms with Gasteiger partial charge in [0.15, 0.2) is 0 Å². The van der Waals surface area contributed by atoms with Gasteiger partial charge in [-0.2, -0.15) is 0 Å². The highest BCUT2D eigenvalue weighted by atomic mass is 32.1. The zero-order chi connectivity index (χ0) is 12.3. The Morgan fingerprint density at radius 1 is 1.41 bits per heavy atom. The lowest BCUT2D eigenvalue weighted by atomic mass is 10.1. The number of rotatable bonds is 6. The van der Waals surface area contributed by atoms with Crippen LogP contribution in [-0.2, 0) is 6.54 Å². The van der Waals surface area contributed by atoms with E-state index >= 15 is 0 Å². The highest BCUT2D eigenvalue weighted by molar-refractivity contribution is 7.80. The van der Waals surface area contributed by atoms with Crippen molar-refractivity contribution in [3.8, 4) is 0 Å². The second-order valence-electron chi connectivity index (χ2n) is 4.84. The predicted molar refractivity (Wildman–Crippen MR) is 76.0 cm³/mol.